The summed E-state index contributed by atoms with van der Waals surface area (Å²) in [5.74, 6) is -0.947. The lowest BCUT2D eigenvalue weighted by Crippen LogP contribution is -2.21. The predicted molar refractivity (Wildman–Crippen MR) is 34.6 cm³/mol. The van der Waals surface area contributed by atoms with E-state index in [1.165, 1.54) is 6.92 Å². The molecule has 0 aromatic carbocycles. The zero-order chi connectivity index (χ0) is 8.20. The third-order valence-electron chi connectivity index (χ3n) is 0.734. The Morgan fingerprint density at radius 2 is 2.10 bits per heavy atom. The molecule has 1 amide bonds. The Bertz CT molecular complexity index is 207. The second-order valence-corrected chi connectivity index (χ2v) is 3.50. The van der Waals surface area contributed by atoms with Crippen molar-refractivity contribution in [2.75, 3.05) is 12.4 Å². The van der Waals surface area contributed by atoms with E-state index < -0.39 is 22.6 Å². The second-order valence-electron chi connectivity index (χ2n) is 1.57. The maximum absolute atomic E-state index is 10.5. The highest BCUT2D eigenvalue weighted by Crippen LogP contribution is 1.89. The van der Waals surface area contributed by atoms with Crippen molar-refractivity contribution in [3.8, 4) is 0 Å². The molecule has 2 N–H and O–H groups in total. The molecule has 0 unspecified atom stereocenters. The summed E-state index contributed by atoms with van der Waals surface area (Å²) in [4.78, 5) is 9.99. The zero-order valence-corrected chi connectivity index (χ0v) is 6.35. The van der Waals surface area contributed by atoms with Crippen LogP contribution in [-0.2, 0) is 19.1 Å². The summed E-state index contributed by atoms with van der Waals surface area (Å²) in [7, 11) is -3.52. The van der Waals surface area contributed by atoms with E-state index in [0.29, 0.717) is 0 Å². The van der Waals surface area contributed by atoms with Gasteiger partial charge >= 0.3 is 0 Å². The first-order valence-electron chi connectivity index (χ1n) is 2.63. The highest BCUT2D eigenvalue weighted by Gasteiger charge is 2.07. The summed E-state index contributed by atoms with van der Waals surface area (Å²) >= 11 is 0. The number of amides is 1. The molecule has 0 aromatic heterocycles. The molecular formula is C4H9NO4S. The standard InChI is InChI=1S/C4H9NO4S/c1-2-10(7,8)9-3-4(5)6/h2-3H2,1H3,(H2,5,6). The quantitative estimate of drug-likeness (QED) is 0.535. The van der Waals surface area contributed by atoms with Gasteiger partial charge in [0.15, 0.2) is 0 Å². The fourth-order valence-corrected chi connectivity index (χ4v) is 0.694. The molecule has 5 nitrogen and oxygen atoms in total. The summed E-state index contributed by atoms with van der Waals surface area (Å²) in [5, 5.41) is 0. The summed E-state index contributed by atoms with van der Waals surface area (Å²) in [6, 6.07) is 0. The molecule has 0 saturated heterocycles. The van der Waals surface area contributed by atoms with Gasteiger partial charge in [-0.2, -0.15) is 8.42 Å². The lowest BCUT2D eigenvalue weighted by molar-refractivity contribution is -0.119. The van der Waals surface area contributed by atoms with E-state index in [4.69, 9.17) is 0 Å². The number of nitrogens with two attached hydrogens (primary N) is 1. The fraction of sp³-hybridized carbons (Fsp3) is 0.750. The molecule has 0 aliphatic rings. The molecule has 0 atom stereocenters. The molecule has 0 spiro atoms. The van der Waals surface area contributed by atoms with Crippen molar-refractivity contribution in [2.24, 2.45) is 5.73 Å². The van der Waals surface area contributed by atoms with Crippen LogP contribution < -0.4 is 5.73 Å². The monoisotopic (exact) mass is 167 g/mol. The van der Waals surface area contributed by atoms with Crippen LogP contribution in [0.5, 0.6) is 0 Å². The summed E-state index contributed by atoms with van der Waals surface area (Å²) < 4.78 is 25.1. The van der Waals surface area contributed by atoms with Crippen LogP contribution in [0.3, 0.4) is 0 Å². The Balaban J connectivity index is 3.81. The number of primary amides is 1. The zero-order valence-electron chi connectivity index (χ0n) is 5.53. The lowest BCUT2D eigenvalue weighted by Gasteiger charge is -1.97. The van der Waals surface area contributed by atoms with E-state index in [0.717, 1.165) is 0 Å². The van der Waals surface area contributed by atoms with E-state index in [1.807, 2.05) is 0 Å². The topological polar surface area (TPSA) is 86.5 Å². The number of hydrogen-bond donors (Lipinski definition) is 1. The average Bonchev–Trinajstić information content (AvgIpc) is 1.85. The molecule has 0 heterocycles. The lowest BCUT2D eigenvalue weighted by atomic mass is 10.7. The Hall–Kier alpha value is -0.620. The molecule has 0 aliphatic carbocycles. The highest BCUT2D eigenvalue weighted by atomic mass is 32.2. The van der Waals surface area contributed by atoms with Crippen molar-refractivity contribution in [3.05, 3.63) is 0 Å². The maximum Gasteiger partial charge on any atom is 0.267 e. The smallest absolute Gasteiger partial charge is 0.267 e. The first-order valence-corrected chi connectivity index (χ1v) is 4.21. The largest absolute Gasteiger partial charge is 0.368 e. The molecule has 0 bridgehead atoms. The van der Waals surface area contributed by atoms with Crippen molar-refractivity contribution in [1.82, 2.24) is 0 Å². The van der Waals surface area contributed by atoms with E-state index >= 15 is 0 Å². The van der Waals surface area contributed by atoms with Crippen molar-refractivity contribution in [2.45, 2.75) is 6.92 Å². The normalized spacial score (nSPS) is 11.3. The van der Waals surface area contributed by atoms with E-state index in [-0.39, 0.29) is 5.75 Å². The molecule has 0 aliphatic heterocycles. The van der Waals surface area contributed by atoms with Gasteiger partial charge in [0.2, 0.25) is 5.91 Å². The summed E-state index contributed by atoms with van der Waals surface area (Å²) in [6.07, 6.45) is 0. The molecule has 10 heavy (non-hydrogen) atoms. The third-order valence-corrected chi connectivity index (χ3v) is 1.92. The minimum absolute atomic E-state index is 0.152. The van der Waals surface area contributed by atoms with Gasteiger partial charge in [0.25, 0.3) is 10.1 Å². The SMILES string of the molecule is CCS(=O)(=O)OCC(N)=O. The second kappa shape index (κ2) is 3.52. The molecule has 60 valence electrons. The highest BCUT2D eigenvalue weighted by molar-refractivity contribution is 7.86. The predicted octanol–water partition coefficient (Wildman–Crippen LogP) is -1.16. The van der Waals surface area contributed by atoms with Gasteiger partial charge in [-0.25, -0.2) is 0 Å². The fourth-order valence-electron chi connectivity index (χ4n) is 0.231. The first-order chi connectivity index (χ1) is 4.48. The molecule has 0 rings (SSSR count). The van der Waals surface area contributed by atoms with Gasteiger partial charge in [0.05, 0.1) is 5.75 Å². The maximum atomic E-state index is 10.5. The summed E-state index contributed by atoms with van der Waals surface area (Å²) in [5.41, 5.74) is 4.63. The Labute approximate surface area is 59.3 Å². The third kappa shape index (κ3) is 4.28. The van der Waals surface area contributed by atoms with Crippen LogP contribution in [0.2, 0.25) is 0 Å². The number of carbonyl (C=O) groups is 1. The number of carbonyl (C=O) groups excluding carboxylic acids is 1. The van der Waals surface area contributed by atoms with Crippen LogP contribution >= 0.6 is 0 Å². The molecule has 6 heteroatoms. The van der Waals surface area contributed by atoms with E-state index in [1.54, 1.807) is 0 Å². The minimum Gasteiger partial charge on any atom is -0.368 e. The van der Waals surface area contributed by atoms with Crippen LogP contribution in [0.25, 0.3) is 0 Å². The van der Waals surface area contributed by atoms with Crippen molar-refractivity contribution < 1.29 is 17.4 Å². The van der Waals surface area contributed by atoms with E-state index in [9.17, 15) is 13.2 Å². The Morgan fingerprint density at radius 1 is 1.60 bits per heavy atom. The van der Waals surface area contributed by atoms with Gasteiger partial charge in [0, 0.05) is 0 Å². The van der Waals surface area contributed by atoms with E-state index in [2.05, 4.69) is 9.92 Å². The van der Waals surface area contributed by atoms with Crippen molar-refractivity contribution >= 4 is 16.0 Å². The molecule has 0 saturated carbocycles. The minimum atomic E-state index is -3.52. The van der Waals surface area contributed by atoms with Gasteiger partial charge < -0.3 is 5.73 Å². The van der Waals surface area contributed by atoms with Gasteiger partial charge in [-0.1, -0.05) is 0 Å². The van der Waals surface area contributed by atoms with Crippen LogP contribution in [0.4, 0.5) is 0 Å². The Kier molecular flexibility index (Phi) is 3.31. The van der Waals surface area contributed by atoms with Crippen molar-refractivity contribution in [1.29, 1.82) is 0 Å². The molecule has 0 fully saturated rings. The molecule has 0 aromatic rings. The molecule has 0 radical (unpaired) electrons. The van der Waals surface area contributed by atoms with Crippen LogP contribution in [0, 0.1) is 0 Å². The van der Waals surface area contributed by atoms with Crippen LogP contribution in [0.15, 0.2) is 0 Å². The summed E-state index contributed by atoms with van der Waals surface area (Å²) in [6.45, 7) is 0.840. The Morgan fingerprint density at radius 3 is 2.40 bits per heavy atom. The van der Waals surface area contributed by atoms with Crippen LogP contribution in [0.1, 0.15) is 6.92 Å². The van der Waals surface area contributed by atoms with Crippen LogP contribution in [-0.4, -0.2) is 26.7 Å². The first kappa shape index (κ1) is 9.38. The van der Waals surface area contributed by atoms with Gasteiger partial charge in [-0.15, -0.1) is 0 Å². The average molecular weight is 167 g/mol. The van der Waals surface area contributed by atoms with Gasteiger partial charge in [-0.3, -0.25) is 8.98 Å². The van der Waals surface area contributed by atoms with Gasteiger partial charge in [0.1, 0.15) is 6.61 Å². The number of rotatable bonds is 4. The van der Waals surface area contributed by atoms with Crippen molar-refractivity contribution in [3.63, 3.8) is 0 Å². The van der Waals surface area contributed by atoms with Gasteiger partial charge in [-0.05, 0) is 6.92 Å². The number of hydrogen-bond acceptors (Lipinski definition) is 4. The molecular weight excluding hydrogens is 158 g/mol.